The third-order valence-electron chi connectivity index (χ3n) is 5.41. The zero-order chi connectivity index (χ0) is 24.0. The van der Waals surface area contributed by atoms with Crippen molar-refractivity contribution in [2.45, 2.75) is 17.4 Å². The molecular formula is C22H22N4O6S. The Morgan fingerprint density at radius 2 is 1.79 bits per heavy atom. The second kappa shape index (κ2) is 8.01. The smallest absolute Gasteiger partial charge is 0.325 e. The molecule has 2 N–H and O–H groups in total. The first-order chi connectivity index (χ1) is 15.5. The number of furan rings is 1. The molecule has 0 unspecified atom stereocenters. The molecule has 0 spiro atoms. The van der Waals surface area contributed by atoms with Crippen LogP contribution in [0.4, 0.5) is 10.5 Å². The van der Waals surface area contributed by atoms with Crippen LogP contribution >= 0.6 is 0 Å². The molecular weight excluding hydrogens is 448 g/mol. The topological polar surface area (TPSA) is 129 Å². The summed E-state index contributed by atoms with van der Waals surface area (Å²) in [5, 5.41) is 5.95. The number of hydrogen-bond acceptors (Lipinski definition) is 6. The number of sulfonamides is 1. The summed E-state index contributed by atoms with van der Waals surface area (Å²) in [4.78, 5) is 38.9. The lowest BCUT2D eigenvalue weighted by Gasteiger charge is -2.19. The molecule has 1 aliphatic heterocycles. The maximum atomic E-state index is 13.1. The summed E-state index contributed by atoms with van der Waals surface area (Å²) in [5.74, 6) is -0.965. The van der Waals surface area contributed by atoms with Crippen LogP contribution in [-0.4, -0.2) is 56.1 Å². The quantitative estimate of drug-likeness (QED) is 0.531. The molecule has 4 amide bonds. The molecule has 1 fully saturated rings. The highest BCUT2D eigenvalue weighted by atomic mass is 32.2. The molecule has 11 heteroatoms. The molecule has 1 atom stereocenters. The predicted octanol–water partition coefficient (Wildman–Crippen LogP) is 2.09. The van der Waals surface area contributed by atoms with E-state index in [-0.39, 0.29) is 10.7 Å². The molecule has 0 radical (unpaired) electrons. The molecule has 2 heterocycles. The first kappa shape index (κ1) is 22.5. The largest absolute Gasteiger partial charge is 0.458 e. The highest BCUT2D eigenvalue weighted by molar-refractivity contribution is 7.89. The minimum absolute atomic E-state index is 0.0706. The number of nitrogens with one attached hydrogen (secondary N) is 2. The van der Waals surface area contributed by atoms with E-state index in [1.54, 1.807) is 18.2 Å². The molecule has 4 rings (SSSR count). The number of fused-ring (bicyclic) bond motifs is 1. The molecule has 2 aromatic carbocycles. The van der Waals surface area contributed by atoms with Gasteiger partial charge < -0.3 is 15.1 Å². The minimum Gasteiger partial charge on any atom is -0.458 e. The predicted molar refractivity (Wildman–Crippen MR) is 120 cm³/mol. The van der Waals surface area contributed by atoms with Gasteiger partial charge in [0.15, 0.2) is 5.54 Å². The summed E-state index contributed by atoms with van der Waals surface area (Å²) in [6.45, 7) is 1.00. The van der Waals surface area contributed by atoms with Crippen LogP contribution in [0.1, 0.15) is 12.7 Å². The first-order valence-corrected chi connectivity index (χ1v) is 11.4. The molecule has 0 aliphatic carbocycles. The highest BCUT2D eigenvalue weighted by Gasteiger charge is 2.51. The summed E-state index contributed by atoms with van der Waals surface area (Å²) >= 11 is 0. The van der Waals surface area contributed by atoms with Crippen LogP contribution in [0.25, 0.3) is 11.0 Å². The fourth-order valence-electron chi connectivity index (χ4n) is 3.50. The molecule has 10 nitrogen and oxygen atoms in total. The molecule has 1 saturated heterocycles. The molecule has 1 aromatic heterocycles. The van der Waals surface area contributed by atoms with Gasteiger partial charge in [-0.2, -0.15) is 0 Å². The van der Waals surface area contributed by atoms with Gasteiger partial charge in [0, 0.05) is 25.2 Å². The van der Waals surface area contributed by atoms with Crippen LogP contribution < -0.4 is 10.6 Å². The Kier molecular flexibility index (Phi) is 5.46. The Bertz CT molecular complexity index is 1330. The van der Waals surface area contributed by atoms with E-state index in [2.05, 4.69) is 10.6 Å². The van der Waals surface area contributed by atoms with Gasteiger partial charge in [-0.3, -0.25) is 14.5 Å². The maximum absolute atomic E-state index is 13.1. The third kappa shape index (κ3) is 3.96. The fraction of sp³-hybridized carbons (Fsp3) is 0.227. The Hall–Kier alpha value is -3.70. The number of anilines is 1. The SMILES string of the molecule is CN(C)S(=O)(=O)c1ccc(NC(=O)CN2C(=O)N[C@](C)(c3cc4ccccc4o3)C2=O)cc1. The number of carbonyl (C=O) groups excluding carboxylic acids is 3. The first-order valence-electron chi connectivity index (χ1n) is 9.98. The second-order valence-electron chi connectivity index (χ2n) is 7.95. The normalized spacial score (nSPS) is 18.7. The average molecular weight is 471 g/mol. The van der Waals surface area contributed by atoms with Crippen LogP contribution in [0.5, 0.6) is 0 Å². The monoisotopic (exact) mass is 470 g/mol. The lowest BCUT2D eigenvalue weighted by atomic mass is 9.99. The summed E-state index contributed by atoms with van der Waals surface area (Å²) in [7, 11) is -0.761. The number of para-hydroxylation sites is 1. The summed E-state index contributed by atoms with van der Waals surface area (Å²) < 4.78 is 31.1. The van der Waals surface area contributed by atoms with E-state index in [4.69, 9.17) is 4.42 Å². The van der Waals surface area contributed by atoms with E-state index in [0.29, 0.717) is 11.3 Å². The Morgan fingerprint density at radius 1 is 1.12 bits per heavy atom. The molecule has 1 aliphatic rings. The van der Waals surface area contributed by atoms with Crippen LogP contribution in [0.3, 0.4) is 0 Å². The number of rotatable bonds is 6. The lowest BCUT2D eigenvalue weighted by molar-refractivity contribution is -0.134. The van der Waals surface area contributed by atoms with Gasteiger partial charge >= 0.3 is 6.03 Å². The summed E-state index contributed by atoms with van der Waals surface area (Å²) in [6.07, 6.45) is 0. The zero-order valence-electron chi connectivity index (χ0n) is 18.2. The van der Waals surface area contributed by atoms with E-state index in [0.717, 1.165) is 14.6 Å². The van der Waals surface area contributed by atoms with E-state index in [1.807, 2.05) is 12.1 Å². The van der Waals surface area contributed by atoms with Crippen LogP contribution in [0, 0.1) is 0 Å². The van der Waals surface area contributed by atoms with Gasteiger partial charge in [-0.15, -0.1) is 0 Å². The maximum Gasteiger partial charge on any atom is 0.325 e. The molecule has 3 aromatic rings. The Balaban J connectivity index is 1.47. The number of imide groups is 1. The number of hydrogen-bond donors (Lipinski definition) is 2. The van der Waals surface area contributed by atoms with Gasteiger partial charge in [0.1, 0.15) is 17.9 Å². The van der Waals surface area contributed by atoms with E-state index in [9.17, 15) is 22.8 Å². The molecule has 0 saturated carbocycles. The number of carbonyl (C=O) groups is 3. The van der Waals surface area contributed by atoms with Crippen molar-refractivity contribution < 1.29 is 27.2 Å². The van der Waals surface area contributed by atoms with Crippen molar-refractivity contribution in [2.24, 2.45) is 0 Å². The number of nitrogens with zero attached hydrogens (tertiary/aromatic N) is 2. The molecule has 172 valence electrons. The van der Waals surface area contributed by atoms with Crippen molar-refractivity contribution in [2.75, 3.05) is 26.0 Å². The van der Waals surface area contributed by atoms with E-state index >= 15 is 0 Å². The molecule has 33 heavy (non-hydrogen) atoms. The van der Waals surface area contributed by atoms with Crippen LogP contribution in [0.15, 0.2) is 63.9 Å². The van der Waals surface area contributed by atoms with Crippen molar-refractivity contribution in [3.05, 3.63) is 60.4 Å². The summed E-state index contributed by atoms with van der Waals surface area (Å²) in [5.41, 5.74) is -0.546. The average Bonchev–Trinajstić information content (AvgIpc) is 3.30. The Morgan fingerprint density at radius 3 is 2.42 bits per heavy atom. The van der Waals surface area contributed by atoms with Crippen LogP contribution in [0.2, 0.25) is 0 Å². The number of benzene rings is 2. The third-order valence-corrected chi connectivity index (χ3v) is 7.24. The fourth-order valence-corrected chi connectivity index (χ4v) is 4.40. The van der Waals surface area contributed by atoms with Crippen molar-refractivity contribution in [3.8, 4) is 0 Å². The van der Waals surface area contributed by atoms with Gasteiger partial charge in [0.05, 0.1) is 4.90 Å². The minimum atomic E-state index is -3.60. The van der Waals surface area contributed by atoms with Gasteiger partial charge in [0.25, 0.3) is 5.91 Å². The van der Waals surface area contributed by atoms with E-state index in [1.165, 1.54) is 45.3 Å². The number of amides is 4. The van der Waals surface area contributed by atoms with Crippen LogP contribution in [-0.2, 0) is 25.2 Å². The zero-order valence-corrected chi connectivity index (χ0v) is 19.0. The van der Waals surface area contributed by atoms with Crippen molar-refractivity contribution in [1.29, 1.82) is 0 Å². The van der Waals surface area contributed by atoms with Crippen molar-refractivity contribution in [3.63, 3.8) is 0 Å². The lowest BCUT2D eigenvalue weighted by Crippen LogP contribution is -2.41. The number of urea groups is 1. The van der Waals surface area contributed by atoms with Gasteiger partial charge in [-0.25, -0.2) is 17.5 Å². The second-order valence-corrected chi connectivity index (χ2v) is 10.1. The van der Waals surface area contributed by atoms with Gasteiger partial charge in [-0.05, 0) is 43.3 Å². The Labute approximate surface area is 190 Å². The van der Waals surface area contributed by atoms with Crippen molar-refractivity contribution >= 4 is 44.5 Å². The molecule has 0 bridgehead atoms. The summed E-state index contributed by atoms with van der Waals surface area (Å²) in [6, 6.07) is 13.7. The van der Waals surface area contributed by atoms with Gasteiger partial charge in [-0.1, -0.05) is 18.2 Å². The van der Waals surface area contributed by atoms with E-state index < -0.39 is 40.0 Å². The van der Waals surface area contributed by atoms with Crippen molar-refractivity contribution in [1.82, 2.24) is 14.5 Å². The highest BCUT2D eigenvalue weighted by Crippen LogP contribution is 2.33. The standard InChI is InChI=1S/C22H22N4O6S/c1-22(18-12-14-6-4-5-7-17(14)32-18)20(28)26(21(29)24-22)13-19(27)23-15-8-10-16(11-9-15)33(30,31)25(2)3/h4-12H,13H2,1-3H3,(H,23,27)(H,24,29)/t22-/m1/s1. The van der Waals surface area contributed by atoms with Gasteiger partial charge in [0.2, 0.25) is 15.9 Å².